The van der Waals surface area contributed by atoms with Crippen LogP contribution in [0.5, 0.6) is 0 Å². The van der Waals surface area contributed by atoms with Crippen LogP contribution in [0.1, 0.15) is 350 Å². The minimum absolute atomic E-state index is 0.104. The van der Waals surface area contributed by atoms with Crippen molar-refractivity contribution in [2.75, 3.05) is 39.6 Å². The maximum absolute atomic E-state index is 13.0. The molecule has 0 aromatic carbocycles. The number of hydrogen-bond acceptors (Lipinski definition) is 15. The van der Waals surface area contributed by atoms with E-state index >= 15 is 0 Å². The molecule has 0 saturated heterocycles. The van der Waals surface area contributed by atoms with Crippen molar-refractivity contribution in [1.82, 2.24) is 0 Å². The van der Waals surface area contributed by atoms with Gasteiger partial charge in [-0.05, 0) is 43.4 Å². The quantitative estimate of drug-likeness (QED) is 0.0222. The number of unbranched alkanes of at least 4 members (excludes halogenated alkanes) is 34. The van der Waals surface area contributed by atoms with E-state index in [1.165, 1.54) is 154 Å². The lowest BCUT2D eigenvalue weighted by atomic mass is 9.99. The van der Waals surface area contributed by atoms with Crippen LogP contribution in [0.3, 0.4) is 0 Å². The van der Waals surface area contributed by atoms with Gasteiger partial charge in [-0.15, -0.1) is 0 Å². The Morgan fingerprint density at radius 1 is 0.326 bits per heavy atom. The highest BCUT2D eigenvalue weighted by Gasteiger charge is 2.30. The van der Waals surface area contributed by atoms with Gasteiger partial charge in [-0.3, -0.25) is 37.3 Å². The number of hydrogen-bond donors (Lipinski definition) is 3. The molecule has 0 aliphatic rings. The number of carbonyl (C=O) groups excluding carboxylic acids is 4. The van der Waals surface area contributed by atoms with Gasteiger partial charge in [0.2, 0.25) is 0 Å². The Kier molecular flexibility index (Phi) is 59.6. The van der Waals surface area contributed by atoms with Crippen molar-refractivity contribution in [3.05, 3.63) is 0 Å². The summed E-state index contributed by atoms with van der Waals surface area (Å²) in [6.07, 6.45) is 44.3. The fourth-order valence-electron chi connectivity index (χ4n) is 10.5. The van der Waals surface area contributed by atoms with E-state index in [-0.39, 0.29) is 25.7 Å². The maximum Gasteiger partial charge on any atom is 0.472 e. The fraction of sp³-hybridized carbons (Fsp3) is 0.943. The molecule has 0 saturated carbocycles. The number of phosphoric ester groups is 2. The van der Waals surface area contributed by atoms with E-state index in [9.17, 15) is 43.2 Å². The summed E-state index contributed by atoms with van der Waals surface area (Å²) in [7, 11) is -9.90. The third-order valence-electron chi connectivity index (χ3n) is 16.9. The van der Waals surface area contributed by atoms with Crippen LogP contribution >= 0.6 is 15.6 Å². The van der Waals surface area contributed by atoms with Crippen molar-refractivity contribution in [3.8, 4) is 0 Å². The molecule has 7 atom stereocenters. The molecule has 0 radical (unpaired) electrons. The van der Waals surface area contributed by atoms with Gasteiger partial charge >= 0.3 is 39.5 Å². The molecule has 0 aromatic heterocycles. The first-order chi connectivity index (χ1) is 42.8. The van der Waals surface area contributed by atoms with Crippen molar-refractivity contribution in [2.45, 2.75) is 369 Å². The lowest BCUT2D eigenvalue weighted by Gasteiger charge is -2.21. The minimum Gasteiger partial charge on any atom is -0.462 e. The Morgan fingerprint density at radius 2 is 0.573 bits per heavy atom. The summed E-state index contributed by atoms with van der Waals surface area (Å²) >= 11 is 0. The molecule has 3 N–H and O–H groups in total. The Bertz CT molecular complexity index is 1750. The molecule has 4 unspecified atom stereocenters. The molecular formula is C70H136O17P2. The second kappa shape index (κ2) is 61.0. The van der Waals surface area contributed by atoms with Gasteiger partial charge in [-0.25, -0.2) is 9.13 Å². The van der Waals surface area contributed by atoms with E-state index in [4.69, 9.17) is 37.0 Å². The maximum atomic E-state index is 13.0. The van der Waals surface area contributed by atoms with Gasteiger partial charge in [0.25, 0.3) is 0 Å². The number of aliphatic hydroxyl groups is 1. The van der Waals surface area contributed by atoms with Crippen LogP contribution in [-0.2, 0) is 65.4 Å². The fourth-order valence-corrected chi connectivity index (χ4v) is 12.1. The van der Waals surface area contributed by atoms with Crippen molar-refractivity contribution >= 4 is 39.5 Å². The second-order valence-corrected chi connectivity index (χ2v) is 29.1. The molecule has 89 heavy (non-hydrogen) atoms. The van der Waals surface area contributed by atoms with Gasteiger partial charge in [-0.1, -0.05) is 299 Å². The molecule has 0 spiro atoms. The number of ether oxygens (including phenoxy) is 4. The Labute approximate surface area is 543 Å². The second-order valence-electron chi connectivity index (χ2n) is 26.2. The third-order valence-corrected chi connectivity index (χ3v) is 18.8. The molecule has 0 amide bonds. The summed E-state index contributed by atoms with van der Waals surface area (Å²) in [4.78, 5) is 72.5. The highest BCUT2D eigenvalue weighted by Crippen LogP contribution is 2.45. The van der Waals surface area contributed by atoms with Gasteiger partial charge in [0, 0.05) is 25.7 Å². The molecule has 0 fully saturated rings. The SMILES string of the molecule is CCCCCCCCCCCCCCCCC(=O)O[C@H](COC(=O)CCCCCCCCCCCCC(C)C)COP(=O)(O)OC[C@@H](O)COP(=O)(O)OC[C@@H](COC(=O)CCCCCCCCC(C)CC)OC(=O)CCCCCCCCCCC(C)CC. The van der Waals surface area contributed by atoms with E-state index in [0.717, 1.165) is 114 Å². The highest BCUT2D eigenvalue weighted by atomic mass is 31.2. The summed E-state index contributed by atoms with van der Waals surface area (Å²) < 4.78 is 68.3. The van der Waals surface area contributed by atoms with Gasteiger partial charge in [0.05, 0.1) is 26.4 Å². The van der Waals surface area contributed by atoms with Crippen LogP contribution in [0.15, 0.2) is 0 Å². The van der Waals surface area contributed by atoms with Crippen molar-refractivity contribution < 1.29 is 80.2 Å². The zero-order chi connectivity index (χ0) is 65.9. The van der Waals surface area contributed by atoms with Crippen LogP contribution in [0, 0.1) is 17.8 Å². The van der Waals surface area contributed by atoms with Crippen LogP contribution in [0.25, 0.3) is 0 Å². The van der Waals surface area contributed by atoms with Crippen LogP contribution in [-0.4, -0.2) is 96.7 Å². The average Bonchev–Trinajstić information content (AvgIpc) is 3.69. The number of rotatable bonds is 68. The number of aliphatic hydroxyl groups excluding tert-OH is 1. The molecule has 0 heterocycles. The van der Waals surface area contributed by atoms with E-state index in [0.29, 0.717) is 25.7 Å². The normalized spacial score (nSPS) is 14.8. The lowest BCUT2D eigenvalue weighted by molar-refractivity contribution is -0.161. The van der Waals surface area contributed by atoms with Gasteiger partial charge < -0.3 is 33.8 Å². The van der Waals surface area contributed by atoms with Crippen molar-refractivity contribution in [2.24, 2.45) is 17.8 Å². The smallest absolute Gasteiger partial charge is 0.462 e. The average molecular weight is 1310 g/mol. The first-order valence-electron chi connectivity index (χ1n) is 36.4. The molecule has 0 bridgehead atoms. The lowest BCUT2D eigenvalue weighted by Crippen LogP contribution is -2.30. The number of phosphoric acid groups is 2. The summed E-state index contributed by atoms with van der Waals surface area (Å²) in [6.45, 7) is 11.8. The third kappa shape index (κ3) is 62.0. The standard InChI is InChI=1S/C70H136O17P2/c1-8-11-12-13-14-15-16-17-18-19-24-30-39-46-53-69(74)86-65(57-80-67(72)51-44-37-29-23-21-20-22-27-34-41-48-61(4)5)59-84-88(76,77)82-55-64(71)56-83-89(78,79)85-60-66(58-81-68(73)52-45-38-33-32-36-43-50-63(7)10-3)87-70(75)54-47-40-31-26-25-28-35-42-49-62(6)9-2/h61-66,71H,8-60H2,1-7H3,(H,76,77)(H,78,79)/t62?,63?,64-,65-,66-/m1/s1. The highest BCUT2D eigenvalue weighted by molar-refractivity contribution is 7.47. The summed E-state index contributed by atoms with van der Waals surface area (Å²) in [5.41, 5.74) is 0. The molecule has 0 rings (SSSR count). The van der Waals surface area contributed by atoms with E-state index in [1.807, 2.05) is 0 Å². The van der Waals surface area contributed by atoms with Crippen LogP contribution in [0.4, 0.5) is 0 Å². The Balaban J connectivity index is 5.27. The minimum atomic E-state index is -4.95. The first-order valence-corrected chi connectivity index (χ1v) is 39.4. The van der Waals surface area contributed by atoms with Gasteiger partial charge in [-0.2, -0.15) is 0 Å². The predicted octanol–water partition coefficient (Wildman–Crippen LogP) is 19.8. The Hall–Kier alpha value is -1.94. The molecule has 0 aliphatic carbocycles. The molecular weight excluding hydrogens is 1170 g/mol. The Morgan fingerprint density at radius 3 is 0.854 bits per heavy atom. The van der Waals surface area contributed by atoms with Gasteiger partial charge in [0.15, 0.2) is 12.2 Å². The van der Waals surface area contributed by atoms with E-state index < -0.39 is 97.5 Å². The van der Waals surface area contributed by atoms with Crippen LogP contribution < -0.4 is 0 Å². The first kappa shape index (κ1) is 87.1. The summed E-state index contributed by atoms with van der Waals surface area (Å²) in [5.74, 6) is 0.132. The monoisotopic (exact) mass is 1310 g/mol. The number of esters is 4. The molecule has 0 aromatic rings. The molecule has 0 aliphatic heterocycles. The van der Waals surface area contributed by atoms with Crippen LogP contribution in [0.2, 0.25) is 0 Å². The number of carbonyl (C=O) groups is 4. The van der Waals surface area contributed by atoms with E-state index in [1.54, 1.807) is 0 Å². The molecule has 19 heteroatoms. The van der Waals surface area contributed by atoms with E-state index in [2.05, 4.69) is 48.5 Å². The zero-order valence-corrected chi connectivity index (χ0v) is 59.7. The summed E-state index contributed by atoms with van der Waals surface area (Å²) in [5, 5.41) is 10.6. The largest absolute Gasteiger partial charge is 0.472 e. The van der Waals surface area contributed by atoms with Crippen molar-refractivity contribution in [1.29, 1.82) is 0 Å². The molecule has 17 nitrogen and oxygen atoms in total. The topological polar surface area (TPSA) is 237 Å². The van der Waals surface area contributed by atoms with Crippen molar-refractivity contribution in [3.63, 3.8) is 0 Å². The summed E-state index contributed by atoms with van der Waals surface area (Å²) in [6, 6.07) is 0. The zero-order valence-electron chi connectivity index (χ0n) is 57.9. The predicted molar refractivity (Wildman–Crippen MR) is 358 cm³/mol. The van der Waals surface area contributed by atoms with Gasteiger partial charge in [0.1, 0.15) is 19.3 Å². The molecule has 528 valence electrons.